The van der Waals surface area contributed by atoms with Gasteiger partial charge in [0.25, 0.3) is 0 Å². The van der Waals surface area contributed by atoms with Crippen molar-refractivity contribution in [3.63, 3.8) is 0 Å². The van der Waals surface area contributed by atoms with Crippen molar-refractivity contribution >= 4 is 18.3 Å². The summed E-state index contributed by atoms with van der Waals surface area (Å²) in [4.78, 5) is 16.0. The Labute approximate surface area is 156 Å². The quantitative estimate of drug-likeness (QED) is 0.820. The lowest BCUT2D eigenvalue weighted by atomic mass is 10.0. The zero-order valence-electron chi connectivity index (χ0n) is 14.6. The molecule has 8 heteroatoms. The van der Waals surface area contributed by atoms with Gasteiger partial charge in [-0.1, -0.05) is 12.1 Å². The minimum atomic E-state index is -4.35. The first-order valence-electron chi connectivity index (χ1n) is 7.73. The average molecular weight is 388 g/mol. The molecule has 2 rings (SSSR count). The molecule has 1 aromatic carbocycles. The predicted molar refractivity (Wildman–Crippen MR) is 96.9 cm³/mol. The maximum atomic E-state index is 12.6. The number of hydrogen-bond donors (Lipinski definition) is 2. The molecule has 1 amide bonds. The fourth-order valence-corrected chi connectivity index (χ4v) is 2.31. The van der Waals surface area contributed by atoms with Crippen LogP contribution in [0.4, 0.5) is 13.2 Å². The number of amides is 1. The van der Waals surface area contributed by atoms with Crippen molar-refractivity contribution in [1.82, 2.24) is 15.6 Å². The molecular formula is C18H21ClF3N3O. The second kappa shape index (κ2) is 8.51. The summed E-state index contributed by atoms with van der Waals surface area (Å²) in [7, 11) is 1.56. The highest BCUT2D eigenvalue weighted by atomic mass is 35.5. The van der Waals surface area contributed by atoms with Crippen molar-refractivity contribution in [3.8, 4) is 11.1 Å². The van der Waals surface area contributed by atoms with Crippen LogP contribution in [-0.4, -0.2) is 23.5 Å². The molecule has 0 bridgehead atoms. The molecule has 2 aromatic rings. The van der Waals surface area contributed by atoms with Crippen LogP contribution >= 0.6 is 12.4 Å². The van der Waals surface area contributed by atoms with E-state index in [1.165, 1.54) is 12.1 Å². The zero-order chi connectivity index (χ0) is 18.7. The molecule has 4 nitrogen and oxygen atoms in total. The van der Waals surface area contributed by atoms with Crippen molar-refractivity contribution in [1.29, 1.82) is 0 Å². The second-order valence-electron chi connectivity index (χ2n) is 6.17. The van der Waals surface area contributed by atoms with E-state index in [9.17, 15) is 18.0 Å². The van der Waals surface area contributed by atoms with E-state index in [2.05, 4.69) is 15.6 Å². The number of rotatable bonds is 5. The van der Waals surface area contributed by atoms with E-state index in [1.54, 1.807) is 39.2 Å². The lowest BCUT2D eigenvalue weighted by Crippen LogP contribution is -2.51. The Bertz CT molecular complexity index is 746. The van der Waals surface area contributed by atoms with Crippen LogP contribution in [0, 0.1) is 0 Å². The summed E-state index contributed by atoms with van der Waals surface area (Å²) in [5.41, 5.74) is 0.676. The van der Waals surface area contributed by atoms with E-state index in [-0.39, 0.29) is 18.3 Å². The summed E-state index contributed by atoms with van der Waals surface area (Å²) in [6.07, 6.45) is -2.76. The van der Waals surface area contributed by atoms with Crippen molar-refractivity contribution in [3.05, 3.63) is 53.9 Å². The second-order valence-corrected chi connectivity index (χ2v) is 6.17. The lowest BCUT2D eigenvalue weighted by Gasteiger charge is -2.24. The fraction of sp³-hybridized carbons (Fsp3) is 0.333. The summed E-state index contributed by atoms with van der Waals surface area (Å²) >= 11 is 0. The zero-order valence-corrected chi connectivity index (χ0v) is 15.5. The molecule has 0 radical (unpaired) electrons. The van der Waals surface area contributed by atoms with E-state index in [4.69, 9.17) is 0 Å². The molecule has 2 N–H and O–H groups in total. The standard InChI is InChI=1S/C18H20F3N3O.ClH/c1-17(2,16(25)22-3)24-11-15-10-13(8-9-23-15)12-4-6-14(7-5-12)18(19,20)21;/h4-10,24H,11H2,1-3H3,(H,22,25);1H. The Kier molecular flexibility index (Phi) is 7.17. The number of likely N-dealkylation sites (N-methyl/N-ethyl adjacent to an activating group) is 1. The molecule has 142 valence electrons. The van der Waals surface area contributed by atoms with Gasteiger partial charge in [-0.05, 0) is 49.2 Å². The third-order valence-electron chi connectivity index (χ3n) is 3.87. The topological polar surface area (TPSA) is 54.0 Å². The minimum absolute atomic E-state index is 0. The van der Waals surface area contributed by atoms with Gasteiger partial charge in [0.15, 0.2) is 0 Å². The maximum absolute atomic E-state index is 12.6. The first-order chi connectivity index (χ1) is 11.6. The van der Waals surface area contributed by atoms with Crippen LogP contribution in [-0.2, 0) is 17.5 Å². The van der Waals surface area contributed by atoms with Crippen LogP contribution in [0.2, 0.25) is 0 Å². The van der Waals surface area contributed by atoms with E-state index < -0.39 is 17.3 Å². The van der Waals surface area contributed by atoms with E-state index >= 15 is 0 Å². The molecule has 1 aromatic heterocycles. The van der Waals surface area contributed by atoms with Gasteiger partial charge in [-0.2, -0.15) is 13.2 Å². The van der Waals surface area contributed by atoms with E-state index in [0.29, 0.717) is 17.8 Å². The molecule has 0 aliphatic carbocycles. The first kappa shape index (κ1) is 21.9. The Morgan fingerprint density at radius 3 is 2.23 bits per heavy atom. The van der Waals surface area contributed by atoms with Gasteiger partial charge in [-0.15, -0.1) is 12.4 Å². The molecule has 0 atom stereocenters. The van der Waals surface area contributed by atoms with Crippen LogP contribution in [0.25, 0.3) is 11.1 Å². The molecular weight excluding hydrogens is 367 g/mol. The van der Waals surface area contributed by atoms with Gasteiger partial charge >= 0.3 is 6.18 Å². The van der Waals surface area contributed by atoms with Gasteiger partial charge in [0.2, 0.25) is 5.91 Å². The molecule has 0 saturated heterocycles. The fourth-order valence-electron chi connectivity index (χ4n) is 2.31. The molecule has 0 aliphatic heterocycles. The molecule has 0 aliphatic rings. The van der Waals surface area contributed by atoms with Crippen LogP contribution in [0.15, 0.2) is 42.6 Å². The van der Waals surface area contributed by atoms with E-state index in [0.717, 1.165) is 17.7 Å². The van der Waals surface area contributed by atoms with Gasteiger partial charge in [-0.25, -0.2) is 0 Å². The molecule has 0 fully saturated rings. The van der Waals surface area contributed by atoms with Crippen molar-refractivity contribution < 1.29 is 18.0 Å². The Hall–Kier alpha value is -2.12. The largest absolute Gasteiger partial charge is 0.416 e. The SMILES string of the molecule is CNC(=O)C(C)(C)NCc1cc(-c2ccc(C(F)(F)F)cc2)ccn1.Cl. The van der Waals surface area contributed by atoms with Gasteiger partial charge in [0.05, 0.1) is 16.8 Å². The van der Waals surface area contributed by atoms with E-state index in [1.807, 2.05) is 0 Å². The normalized spacial score (nSPS) is 11.6. The van der Waals surface area contributed by atoms with Gasteiger partial charge in [-0.3, -0.25) is 15.1 Å². The van der Waals surface area contributed by atoms with Crippen LogP contribution < -0.4 is 10.6 Å². The maximum Gasteiger partial charge on any atom is 0.416 e. The third-order valence-corrected chi connectivity index (χ3v) is 3.87. The number of carbonyl (C=O) groups excluding carboxylic acids is 1. The molecule has 0 spiro atoms. The Balaban J connectivity index is 0.00000338. The van der Waals surface area contributed by atoms with Gasteiger partial charge < -0.3 is 5.32 Å². The van der Waals surface area contributed by atoms with Gasteiger partial charge in [0, 0.05) is 19.8 Å². The number of nitrogens with one attached hydrogen (secondary N) is 2. The number of carbonyl (C=O) groups is 1. The summed E-state index contributed by atoms with van der Waals surface area (Å²) in [5.74, 6) is -0.147. The first-order valence-corrected chi connectivity index (χ1v) is 7.73. The lowest BCUT2D eigenvalue weighted by molar-refractivity contribution is -0.137. The van der Waals surface area contributed by atoms with Crippen LogP contribution in [0.1, 0.15) is 25.1 Å². The number of benzene rings is 1. The molecule has 0 saturated carbocycles. The predicted octanol–water partition coefficient (Wildman–Crippen LogP) is 3.80. The average Bonchev–Trinajstić information content (AvgIpc) is 2.59. The summed E-state index contributed by atoms with van der Waals surface area (Å²) < 4.78 is 37.9. The monoisotopic (exact) mass is 387 g/mol. The van der Waals surface area contributed by atoms with Crippen molar-refractivity contribution in [2.75, 3.05) is 7.05 Å². The summed E-state index contributed by atoms with van der Waals surface area (Å²) in [6, 6.07) is 8.50. The number of nitrogens with zero attached hydrogens (tertiary/aromatic N) is 1. The molecule has 0 unspecified atom stereocenters. The van der Waals surface area contributed by atoms with Crippen LogP contribution in [0.3, 0.4) is 0 Å². The highest BCUT2D eigenvalue weighted by Gasteiger charge is 2.30. The van der Waals surface area contributed by atoms with Gasteiger partial charge in [0.1, 0.15) is 0 Å². The summed E-state index contributed by atoms with van der Waals surface area (Å²) in [6.45, 7) is 3.87. The van der Waals surface area contributed by atoms with Crippen molar-refractivity contribution in [2.24, 2.45) is 0 Å². The van der Waals surface area contributed by atoms with Crippen LogP contribution in [0.5, 0.6) is 0 Å². The number of hydrogen-bond acceptors (Lipinski definition) is 3. The number of pyridine rings is 1. The highest BCUT2D eigenvalue weighted by molar-refractivity contribution is 5.85. The smallest absolute Gasteiger partial charge is 0.358 e. The molecule has 1 heterocycles. The number of halogens is 4. The molecule has 26 heavy (non-hydrogen) atoms. The van der Waals surface area contributed by atoms with Crippen molar-refractivity contribution in [2.45, 2.75) is 32.1 Å². The highest BCUT2D eigenvalue weighted by Crippen LogP contribution is 2.31. The Morgan fingerprint density at radius 2 is 1.69 bits per heavy atom. The number of aromatic nitrogens is 1. The number of alkyl halides is 3. The summed E-state index contributed by atoms with van der Waals surface area (Å²) in [5, 5.41) is 5.69. The minimum Gasteiger partial charge on any atom is -0.358 e. The third kappa shape index (κ3) is 5.44. The Morgan fingerprint density at radius 1 is 1.08 bits per heavy atom.